The van der Waals surface area contributed by atoms with Crippen LogP contribution in [0.5, 0.6) is 0 Å². The Morgan fingerprint density at radius 3 is 2.95 bits per heavy atom. The molecule has 0 spiro atoms. The fourth-order valence-electron chi connectivity index (χ4n) is 2.65. The summed E-state index contributed by atoms with van der Waals surface area (Å²) in [7, 11) is 2.05. The number of hydrogen-bond acceptors (Lipinski definition) is 3. The number of furan rings is 1. The monoisotopic (exact) mass is 309 g/mol. The van der Waals surface area contributed by atoms with Gasteiger partial charge in [0.05, 0.1) is 0 Å². The molecule has 0 saturated heterocycles. The van der Waals surface area contributed by atoms with Gasteiger partial charge in [-0.05, 0) is 48.8 Å². The van der Waals surface area contributed by atoms with Crippen molar-refractivity contribution in [3.05, 3.63) is 40.1 Å². The minimum absolute atomic E-state index is 0.516. The molecule has 3 nitrogen and oxygen atoms in total. The Morgan fingerprint density at radius 1 is 1.40 bits per heavy atom. The molecular formula is C15H13Cl2NO2. The number of carbonyl (C=O) groups is 1. The lowest BCUT2D eigenvalue weighted by molar-refractivity contribution is -0.107. The zero-order valence-electron chi connectivity index (χ0n) is 11.0. The van der Waals surface area contributed by atoms with Gasteiger partial charge in [-0.15, -0.1) is 0 Å². The average molecular weight is 310 g/mol. The molecule has 0 saturated carbocycles. The zero-order chi connectivity index (χ0) is 14.3. The number of likely N-dealkylation sites (N-methyl/N-ethyl adjacent to an activating group) is 1. The van der Waals surface area contributed by atoms with Gasteiger partial charge in [0.2, 0.25) is 5.24 Å². The van der Waals surface area contributed by atoms with Crippen LogP contribution in [-0.2, 0) is 17.8 Å². The van der Waals surface area contributed by atoms with Crippen LogP contribution in [0.1, 0.15) is 16.9 Å². The van der Waals surface area contributed by atoms with Crippen molar-refractivity contribution in [2.45, 2.75) is 13.0 Å². The van der Waals surface area contributed by atoms with E-state index in [-0.39, 0.29) is 0 Å². The summed E-state index contributed by atoms with van der Waals surface area (Å²) >= 11 is 11.7. The topological polar surface area (TPSA) is 33.5 Å². The molecule has 1 aromatic heterocycles. The number of allylic oxidation sites excluding steroid dienone is 1. The minimum atomic E-state index is -0.516. The van der Waals surface area contributed by atoms with Gasteiger partial charge in [-0.1, -0.05) is 11.6 Å². The van der Waals surface area contributed by atoms with Crippen molar-refractivity contribution in [2.24, 2.45) is 0 Å². The second-order valence-corrected chi connectivity index (χ2v) is 5.75. The van der Waals surface area contributed by atoms with Crippen molar-refractivity contribution >= 4 is 45.5 Å². The molecule has 0 fully saturated rings. The van der Waals surface area contributed by atoms with Gasteiger partial charge in [0.15, 0.2) is 0 Å². The SMILES string of the molecule is CN1CCc2c(Cl)ccc3oc(C=CC(=O)Cl)c(c23)C1. The summed E-state index contributed by atoms with van der Waals surface area (Å²) in [5.74, 6) is 0.672. The second kappa shape index (κ2) is 5.24. The Hall–Kier alpha value is -1.29. The van der Waals surface area contributed by atoms with E-state index in [0.717, 1.165) is 46.6 Å². The third-order valence-corrected chi connectivity index (χ3v) is 4.05. The molecule has 2 aromatic rings. The smallest absolute Gasteiger partial charge is 0.245 e. The molecule has 1 aliphatic heterocycles. The first-order chi connectivity index (χ1) is 9.56. The highest BCUT2D eigenvalue weighted by Gasteiger charge is 2.22. The summed E-state index contributed by atoms with van der Waals surface area (Å²) in [6, 6.07) is 3.73. The van der Waals surface area contributed by atoms with Gasteiger partial charge in [-0.2, -0.15) is 0 Å². The molecule has 0 radical (unpaired) electrons. The predicted molar refractivity (Wildman–Crippen MR) is 81.2 cm³/mol. The van der Waals surface area contributed by atoms with Crippen LogP contribution < -0.4 is 0 Å². The maximum absolute atomic E-state index is 10.9. The van der Waals surface area contributed by atoms with Crippen LogP contribution in [0.25, 0.3) is 17.0 Å². The summed E-state index contributed by atoms with van der Waals surface area (Å²) in [4.78, 5) is 13.1. The normalized spacial score (nSPS) is 15.9. The van der Waals surface area contributed by atoms with Crippen LogP contribution in [0.2, 0.25) is 5.02 Å². The van der Waals surface area contributed by atoms with Crippen LogP contribution in [0.4, 0.5) is 0 Å². The number of benzene rings is 1. The second-order valence-electron chi connectivity index (χ2n) is 4.97. The quantitative estimate of drug-likeness (QED) is 0.624. The van der Waals surface area contributed by atoms with E-state index in [9.17, 15) is 4.79 Å². The van der Waals surface area contributed by atoms with Crippen LogP contribution in [0, 0.1) is 0 Å². The first kappa shape index (κ1) is 13.7. The van der Waals surface area contributed by atoms with Crippen LogP contribution >= 0.6 is 23.2 Å². The Bertz CT molecular complexity index is 718. The highest BCUT2D eigenvalue weighted by molar-refractivity contribution is 6.66. The summed E-state index contributed by atoms with van der Waals surface area (Å²) in [5, 5.41) is 1.32. The first-order valence-electron chi connectivity index (χ1n) is 6.35. The largest absolute Gasteiger partial charge is 0.456 e. The number of halogens is 2. The number of hydrogen-bond donors (Lipinski definition) is 0. The first-order valence-corrected chi connectivity index (χ1v) is 7.10. The van der Waals surface area contributed by atoms with E-state index in [1.807, 2.05) is 12.1 Å². The summed E-state index contributed by atoms with van der Waals surface area (Å²) in [6.45, 7) is 1.70. The van der Waals surface area contributed by atoms with Gasteiger partial charge in [-0.25, -0.2) is 0 Å². The van der Waals surface area contributed by atoms with Gasteiger partial charge in [0, 0.05) is 35.1 Å². The Kier molecular flexibility index (Phi) is 3.59. The number of rotatable bonds is 2. The van der Waals surface area contributed by atoms with E-state index in [2.05, 4.69) is 11.9 Å². The Labute approximate surface area is 126 Å². The highest BCUT2D eigenvalue weighted by atomic mass is 35.5. The van der Waals surface area contributed by atoms with Crippen molar-refractivity contribution in [1.29, 1.82) is 0 Å². The van der Waals surface area contributed by atoms with Crippen LogP contribution in [-0.4, -0.2) is 23.7 Å². The lowest BCUT2D eigenvalue weighted by Gasteiger charge is -2.12. The van der Waals surface area contributed by atoms with Gasteiger partial charge >= 0.3 is 0 Å². The third-order valence-electron chi connectivity index (χ3n) is 3.57. The van der Waals surface area contributed by atoms with E-state index in [4.69, 9.17) is 27.6 Å². The van der Waals surface area contributed by atoms with Crippen molar-refractivity contribution in [3.8, 4) is 0 Å². The Balaban J connectivity index is 2.25. The van der Waals surface area contributed by atoms with E-state index in [1.54, 1.807) is 6.08 Å². The van der Waals surface area contributed by atoms with Crippen LogP contribution in [0.15, 0.2) is 22.6 Å². The molecule has 0 amide bonds. The Morgan fingerprint density at radius 2 is 2.20 bits per heavy atom. The van der Waals surface area contributed by atoms with Gasteiger partial charge < -0.3 is 9.32 Å². The lowest BCUT2D eigenvalue weighted by Crippen LogP contribution is -2.18. The molecule has 1 aromatic carbocycles. The van der Waals surface area contributed by atoms with E-state index in [0.29, 0.717) is 5.76 Å². The van der Waals surface area contributed by atoms with Gasteiger partial charge in [0.25, 0.3) is 0 Å². The maximum Gasteiger partial charge on any atom is 0.245 e. The number of nitrogens with zero attached hydrogens (tertiary/aromatic N) is 1. The molecule has 3 rings (SSSR count). The molecule has 104 valence electrons. The lowest BCUT2D eigenvalue weighted by atomic mass is 10.0. The van der Waals surface area contributed by atoms with Crippen molar-refractivity contribution in [3.63, 3.8) is 0 Å². The molecule has 20 heavy (non-hydrogen) atoms. The van der Waals surface area contributed by atoms with Crippen LogP contribution in [0.3, 0.4) is 0 Å². The average Bonchev–Trinajstić information content (AvgIpc) is 2.62. The summed E-state index contributed by atoms with van der Waals surface area (Å²) in [5.41, 5.74) is 2.98. The fourth-order valence-corrected chi connectivity index (χ4v) is 2.96. The van der Waals surface area contributed by atoms with Crippen molar-refractivity contribution < 1.29 is 9.21 Å². The number of carbonyl (C=O) groups excluding carboxylic acids is 1. The standard InChI is InChI=1S/C15H13Cl2NO2/c1-18-7-6-9-11(16)2-3-13-15(9)10(8-18)12(20-13)4-5-14(17)19/h2-5H,6-8H2,1H3. The molecule has 0 atom stereocenters. The van der Waals surface area contributed by atoms with E-state index in [1.165, 1.54) is 6.08 Å². The highest BCUT2D eigenvalue weighted by Crippen LogP contribution is 2.36. The van der Waals surface area contributed by atoms with E-state index >= 15 is 0 Å². The molecule has 0 bridgehead atoms. The van der Waals surface area contributed by atoms with E-state index < -0.39 is 5.24 Å². The van der Waals surface area contributed by atoms with Gasteiger partial charge in [-0.3, -0.25) is 4.79 Å². The minimum Gasteiger partial charge on any atom is -0.456 e. The summed E-state index contributed by atoms with van der Waals surface area (Å²) in [6.07, 6.45) is 3.82. The maximum atomic E-state index is 10.9. The zero-order valence-corrected chi connectivity index (χ0v) is 12.5. The molecule has 0 aliphatic carbocycles. The predicted octanol–water partition coefficient (Wildman–Crippen LogP) is 3.85. The molecule has 1 aliphatic rings. The molecule has 5 heteroatoms. The van der Waals surface area contributed by atoms with Gasteiger partial charge in [0.1, 0.15) is 11.3 Å². The molecule has 0 N–H and O–H groups in total. The third kappa shape index (κ3) is 2.37. The van der Waals surface area contributed by atoms with Crippen molar-refractivity contribution in [1.82, 2.24) is 4.90 Å². The van der Waals surface area contributed by atoms with Crippen molar-refractivity contribution in [2.75, 3.05) is 13.6 Å². The fraction of sp³-hybridized carbons (Fsp3) is 0.267. The molecular weight excluding hydrogens is 297 g/mol. The molecule has 0 unspecified atom stereocenters. The summed E-state index contributed by atoms with van der Waals surface area (Å²) < 4.78 is 5.84. The molecule has 2 heterocycles.